The fourth-order valence-electron chi connectivity index (χ4n) is 1.48. The number of halogens is 1. The lowest BCUT2D eigenvalue weighted by Crippen LogP contribution is -2.12. The van der Waals surface area contributed by atoms with E-state index < -0.39 is 0 Å². The zero-order valence-corrected chi connectivity index (χ0v) is 10.4. The molecule has 0 saturated carbocycles. The Balaban J connectivity index is 2.17. The second kappa shape index (κ2) is 5.06. The van der Waals surface area contributed by atoms with Crippen LogP contribution in [-0.2, 0) is 0 Å². The summed E-state index contributed by atoms with van der Waals surface area (Å²) in [5, 5.41) is 3.13. The number of H-pyrrole nitrogens is 1. The van der Waals surface area contributed by atoms with Gasteiger partial charge in [-0.1, -0.05) is 23.7 Å². The maximum Gasteiger partial charge on any atom is 0.272 e. The fraction of sp³-hybridized carbons (Fsp3) is 0.0769. The highest BCUT2D eigenvalue weighted by atomic mass is 35.5. The average Bonchev–Trinajstić information content (AvgIpc) is 2.81. The van der Waals surface area contributed by atoms with E-state index in [2.05, 4.69) is 10.3 Å². The van der Waals surface area contributed by atoms with Gasteiger partial charge in [0.15, 0.2) is 5.78 Å². The molecule has 18 heavy (non-hydrogen) atoms. The molecule has 4 nitrogen and oxygen atoms in total. The van der Waals surface area contributed by atoms with Gasteiger partial charge in [-0.15, -0.1) is 0 Å². The van der Waals surface area contributed by atoms with E-state index in [9.17, 15) is 9.59 Å². The number of carbonyl (C=O) groups excluding carboxylic acids is 2. The van der Waals surface area contributed by atoms with Gasteiger partial charge in [-0.3, -0.25) is 9.59 Å². The Kier molecular flexibility index (Phi) is 3.48. The molecule has 2 rings (SSSR count). The lowest BCUT2D eigenvalue weighted by molar-refractivity contribution is 0.101. The van der Waals surface area contributed by atoms with E-state index in [1.54, 1.807) is 24.3 Å². The van der Waals surface area contributed by atoms with Crippen molar-refractivity contribution in [3.05, 3.63) is 52.8 Å². The Morgan fingerprint density at radius 3 is 2.61 bits per heavy atom. The second-order valence-corrected chi connectivity index (χ2v) is 4.20. The first-order valence-corrected chi connectivity index (χ1v) is 5.71. The number of ketones is 1. The molecular formula is C13H11ClN2O2. The first kappa shape index (κ1) is 12.4. The first-order valence-electron chi connectivity index (χ1n) is 5.33. The summed E-state index contributed by atoms with van der Waals surface area (Å²) >= 11 is 5.93. The van der Waals surface area contributed by atoms with Crippen LogP contribution < -0.4 is 5.32 Å². The summed E-state index contributed by atoms with van der Waals surface area (Å²) in [6.07, 6.45) is 1.50. The van der Waals surface area contributed by atoms with Gasteiger partial charge in [-0.25, -0.2) is 0 Å². The van der Waals surface area contributed by atoms with Gasteiger partial charge in [0.05, 0.1) is 10.7 Å². The molecule has 92 valence electrons. The van der Waals surface area contributed by atoms with Crippen LogP contribution in [0.3, 0.4) is 0 Å². The van der Waals surface area contributed by atoms with E-state index in [1.807, 2.05) is 0 Å². The Morgan fingerprint density at radius 2 is 2.00 bits per heavy atom. The summed E-state index contributed by atoms with van der Waals surface area (Å²) in [4.78, 5) is 25.8. The van der Waals surface area contributed by atoms with Gasteiger partial charge < -0.3 is 10.3 Å². The Hall–Kier alpha value is -2.07. The standard InChI is InChI=1S/C13H11ClN2O2/c1-8(17)9-6-12(15-7-9)13(18)16-11-5-3-2-4-10(11)14/h2-7,15H,1H3,(H,16,18). The van der Waals surface area contributed by atoms with Crippen LogP contribution in [0.1, 0.15) is 27.8 Å². The number of carbonyl (C=O) groups is 2. The maximum absolute atomic E-state index is 11.9. The van der Waals surface area contributed by atoms with Crippen molar-refractivity contribution in [2.24, 2.45) is 0 Å². The number of anilines is 1. The average molecular weight is 263 g/mol. The molecule has 0 saturated heterocycles. The van der Waals surface area contributed by atoms with Crippen molar-refractivity contribution in [3.8, 4) is 0 Å². The van der Waals surface area contributed by atoms with Crippen molar-refractivity contribution in [1.82, 2.24) is 4.98 Å². The number of aromatic nitrogens is 1. The summed E-state index contributed by atoms with van der Waals surface area (Å²) in [6, 6.07) is 8.45. The number of para-hydroxylation sites is 1. The highest BCUT2D eigenvalue weighted by Crippen LogP contribution is 2.21. The number of nitrogens with one attached hydrogen (secondary N) is 2. The van der Waals surface area contributed by atoms with Crippen LogP contribution in [0.2, 0.25) is 5.02 Å². The van der Waals surface area contributed by atoms with E-state index in [0.29, 0.717) is 22.0 Å². The predicted molar refractivity (Wildman–Crippen MR) is 70.2 cm³/mol. The quantitative estimate of drug-likeness (QED) is 0.835. The monoisotopic (exact) mass is 262 g/mol. The molecule has 0 unspecified atom stereocenters. The number of rotatable bonds is 3. The number of benzene rings is 1. The van der Waals surface area contributed by atoms with Crippen LogP contribution in [0, 0.1) is 0 Å². The Labute approximate surface area is 109 Å². The Bertz CT molecular complexity index is 605. The molecular weight excluding hydrogens is 252 g/mol. The highest BCUT2D eigenvalue weighted by molar-refractivity contribution is 6.33. The lowest BCUT2D eigenvalue weighted by Gasteiger charge is -2.05. The third-order valence-electron chi connectivity index (χ3n) is 2.46. The molecule has 2 aromatic rings. The minimum absolute atomic E-state index is 0.0944. The zero-order valence-electron chi connectivity index (χ0n) is 9.66. The molecule has 0 aliphatic carbocycles. The first-order chi connectivity index (χ1) is 8.58. The number of aromatic amines is 1. The molecule has 1 heterocycles. The van der Waals surface area contributed by atoms with Crippen LogP contribution in [-0.4, -0.2) is 16.7 Å². The summed E-state index contributed by atoms with van der Waals surface area (Å²) < 4.78 is 0. The molecule has 2 N–H and O–H groups in total. The highest BCUT2D eigenvalue weighted by Gasteiger charge is 2.11. The molecule has 0 aliphatic rings. The third kappa shape index (κ3) is 2.60. The van der Waals surface area contributed by atoms with Gasteiger partial charge in [0.1, 0.15) is 5.69 Å². The van der Waals surface area contributed by atoms with Crippen LogP contribution in [0.5, 0.6) is 0 Å². The van der Waals surface area contributed by atoms with Crippen molar-refractivity contribution in [2.75, 3.05) is 5.32 Å². The molecule has 0 atom stereocenters. The molecule has 0 aliphatic heterocycles. The van der Waals surface area contributed by atoms with Gasteiger partial charge in [-0.05, 0) is 25.1 Å². The number of amides is 1. The molecule has 1 amide bonds. The maximum atomic E-state index is 11.9. The van der Waals surface area contributed by atoms with Crippen LogP contribution in [0.15, 0.2) is 36.5 Å². The molecule has 0 bridgehead atoms. The third-order valence-corrected chi connectivity index (χ3v) is 2.79. The topological polar surface area (TPSA) is 62.0 Å². The predicted octanol–water partition coefficient (Wildman–Crippen LogP) is 3.12. The smallest absolute Gasteiger partial charge is 0.272 e. The molecule has 0 spiro atoms. The molecule has 1 aromatic carbocycles. The summed E-state index contributed by atoms with van der Waals surface area (Å²) in [7, 11) is 0. The van der Waals surface area contributed by atoms with E-state index in [0.717, 1.165) is 0 Å². The van der Waals surface area contributed by atoms with Gasteiger partial charge >= 0.3 is 0 Å². The summed E-state index contributed by atoms with van der Waals surface area (Å²) in [5.41, 5.74) is 1.32. The van der Waals surface area contributed by atoms with Gasteiger partial charge in [-0.2, -0.15) is 0 Å². The molecule has 0 fully saturated rings. The van der Waals surface area contributed by atoms with Crippen molar-refractivity contribution in [2.45, 2.75) is 6.92 Å². The van der Waals surface area contributed by atoms with Crippen LogP contribution >= 0.6 is 11.6 Å². The number of hydrogen-bond acceptors (Lipinski definition) is 2. The van der Waals surface area contributed by atoms with Gasteiger partial charge in [0.2, 0.25) is 0 Å². The molecule has 5 heteroatoms. The van der Waals surface area contributed by atoms with E-state index in [4.69, 9.17) is 11.6 Å². The SMILES string of the molecule is CC(=O)c1c[nH]c(C(=O)Nc2ccccc2Cl)c1. The van der Waals surface area contributed by atoms with Crippen LogP contribution in [0.25, 0.3) is 0 Å². The minimum Gasteiger partial charge on any atom is -0.356 e. The van der Waals surface area contributed by atoms with E-state index in [-0.39, 0.29) is 11.7 Å². The minimum atomic E-state index is -0.337. The number of Topliss-reactive ketones (excluding diaryl/α,β-unsaturated/α-hetero) is 1. The summed E-state index contributed by atoms with van der Waals surface area (Å²) in [6.45, 7) is 1.44. The van der Waals surface area contributed by atoms with E-state index >= 15 is 0 Å². The largest absolute Gasteiger partial charge is 0.356 e. The second-order valence-electron chi connectivity index (χ2n) is 3.79. The summed E-state index contributed by atoms with van der Waals surface area (Å²) in [5.74, 6) is -0.432. The van der Waals surface area contributed by atoms with Gasteiger partial charge in [0, 0.05) is 11.8 Å². The lowest BCUT2D eigenvalue weighted by atomic mass is 10.2. The van der Waals surface area contributed by atoms with Crippen LogP contribution in [0.4, 0.5) is 5.69 Å². The molecule has 1 aromatic heterocycles. The van der Waals surface area contributed by atoms with E-state index in [1.165, 1.54) is 19.2 Å². The van der Waals surface area contributed by atoms with Crippen molar-refractivity contribution in [3.63, 3.8) is 0 Å². The van der Waals surface area contributed by atoms with Gasteiger partial charge in [0.25, 0.3) is 5.91 Å². The zero-order chi connectivity index (χ0) is 13.1. The fourth-order valence-corrected chi connectivity index (χ4v) is 1.66. The van der Waals surface area contributed by atoms with Crippen molar-refractivity contribution >= 4 is 29.0 Å². The normalized spacial score (nSPS) is 10.1. The molecule has 0 radical (unpaired) electrons. The van der Waals surface area contributed by atoms with Crippen molar-refractivity contribution in [1.29, 1.82) is 0 Å². The number of hydrogen-bond donors (Lipinski definition) is 2. The Morgan fingerprint density at radius 1 is 1.28 bits per heavy atom. The van der Waals surface area contributed by atoms with Crippen molar-refractivity contribution < 1.29 is 9.59 Å².